The lowest BCUT2D eigenvalue weighted by molar-refractivity contribution is 0.0359. The Balaban J connectivity index is 1.99. The zero-order valence-corrected chi connectivity index (χ0v) is 12.1. The van der Waals surface area contributed by atoms with E-state index in [1.165, 1.54) is 17.0 Å². The van der Waals surface area contributed by atoms with Gasteiger partial charge in [0.15, 0.2) is 0 Å². The van der Waals surface area contributed by atoms with E-state index in [1.54, 1.807) is 0 Å². The normalized spacial score (nSPS) is 17.6. The molecule has 0 saturated carbocycles. The summed E-state index contributed by atoms with van der Waals surface area (Å²) in [6.45, 7) is 14.7. The van der Waals surface area contributed by atoms with Crippen LogP contribution in [0.1, 0.15) is 36.7 Å². The highest BCUT2D eigenvalue weighted by atomic mass is 16.5. The topological polar surface area (TPSA) is 30.3 Å². The van der Waals surface area contributed by atoms with E-state index < -0.39 is 0 Å². The summed E-state index contributed by atoms with van der Waals surface area (Å²) in [7, 11) is 0. The van der Waals surface area contributed by atoms with Crippen molar-refractivity contribution in [3.8, 4) is 0 Å². The Morgan fingerprint density at radius 3 is 2.39 bits per heavy atom. The molecule has 2 rings (SSSR count). The molecule has 4 heteroatoms. The Morgan fingerprint density at radius 2 is 1.83 bits per heavy atom. The maximum Gasteiger partial charge on any atom is 0.0631 e. The van der Waals surface area contributed by atoms with Crippen molar-refractivity contribution in [3.05, 3.63) is 17.0 Å². The van der Waals surface area contributed by atoms with Crippen LogP contribution in [0.15, 0.2) is 0 Å². The Morgan fingerprint density at radius 1 is 1.17 bits per heavy atom. The minimum Gasteiger partial charge on any atom is -0.379 e. The van der Waals surface area contributed by atoms with Crippen LogP contribution in [0.2, 0.25) is 0 Å². The number of hydrogen-bond acceptors (Lipinski definition) is 3. The predicted octanol–water partition coefficient (Wildman–Crippen LogP) is 1.96. The molecule has 1 fully saturated rings. The van der Waals surface area contributed by atoms with Crippen molar-refractivity contribution in [1.82, 2.24) is 14.7 Å². The molecule has 0 aromatic carbocycles. The molecule has 0 spiro atoms. The fourth-order valence-electron chi connectivity index (χ4n) is 2.82. The second-order valence-corrected chi connectivity index (χ2v) is 5.42. The summed E-state index contributed by atoms with van der Waals surface area (Å²) in [5.74, 6) is 0.558. The molecule has 1 aliphatic rings. The lowest BCUT2D eigenvalue weighted by Crippen LogP contribution is -2.38. The van der Waals surface area contributed by atoms with Gasteiger partial charge in [0.25, 0.3) is 0 Å². The molecular formula is C14H25N3O. The summed E-state index contributed by atoms with van der Waals surface area (Å²) in [5.41, 5.74) is 3.93. The highest BCUT2D eigenvalue weighted by molar-refractivity contribution is 5.27. The molecule has 0 radical (unpaired) electrons. The summed E-state index contributed by atoms with van der Waals surface area (Å²) in [4.78, 5) is 2.45. The minimum absolute atomic E-state index is 0.558. The first-order valence-corrected chi connectivity index (χ1v) is 6.93. The third kappa shape index (κ3) is 2.93. The van der Waals surface area contributed by atoms with Gasteiger partial charge in [0.05, 0.1) is 25.5 Å². The average Bonchev–Trinajstić information content (AvgIpc) is 2.63. The zero-order chi connectivity index (χ0) is 13.1. The van der Waals surface area contributed by atoms with Gasteiger partial charge in [-0.25, -0.2) is 0 Å². The molecule has 1 aliphatic heterocycles. The van der Waals surface area contributed by atoms with Crippen LogP contribution in [0.5, 0.6) is 0 Å². The van der Waals surface area contributed by atoms with Crippen LogP contribution in [0.4, 0.5) is 0 Å². The molecule has 4 nitrogen and oxygen atoms in total. The third-order valence-corrected chi connectivity index (χ3v) is 3.75. The summed E-state index contributed by atoms with van der Waals surface area (Å²) in [6, 6.07) is 0. The van der Waals surface area contributed by atoms with E-state index in [9.17, 15) is 0 Å². The summed E-state index contributed by atoms with van der Waals surface area (Å²) in [6.07, 6.45) is 0. The van der Waals surface area contributed by atoms with Crippen molar-refractivity contribution in [3.63, 3.8) is 0 Å². The highest BCUT2D eigenvalue weighted by Crippen LogP contribution is 2.22. The molecule has 18 heavy (non-hydrogen) atoms. The molecule has 102 valence electrons. The molecule has 1 aromatic heterocycles. The monoisotopic (exact) mass is 251 g/mol. The zero-order valence-electron chi connectivity index (χ0n) is 12.1. The first-order chi connectivity index (χ1) is 8.59. The van der Waals surface area contributed by atoms with E-state index in [-0.39, 0.29) is 0 Å². The maximum atomic E-state index is 5.37. The van der Waals surface area contributed by atoms with Gasteiger partial charge in [0.1, 0.15) is 0 Å². The molecule has 0 atom stereocenters. The first-order valence-electron chi connectivity index (χ1n) is 6.93. The van der Waals surface area contributed by atoms with Gasteiger partial charge in [0.2, 0.25) is 0 Å². The van der Waals surface area contributed by atoms with Crippen molar-refractivity contribution in [2.75, 3.05) is 32.8 Å². The van der Waals surface area contributed by atoms with E-state index in [0.717, 1.165) is 39.4 Å². The van der Waals surface area contributed by atoms with Gasteiger partial charge < -0.3 is 4.74 Å². The van der Waals surface area contributed by atoms with E-state index in [4.69, 9.17) is 4.74 Å². The van der Waals surface area contributed by atoms with Crippen LogP contribution in [0, 0.1) is 13.8 Å². The Kier molecular flexibility index (Phi) is 4.40. The summed E-state index contributed by atoms with van der Waals surface area (Å²) < 4.78 is 7.53. The van der Waals surface area contributed by atoms with Gasteiger partial charge in [0, 0.05) is 25.3 Å². The highest BCUT2D eigenvalue weighted by Gasteiger charge is 2.15. The molecule has 0 unspecified atom stereocenters. The van der Waals surface area contributed by atoms with E-state index >= 15 is 0 Å². The second kappa shape index (κ2) is 5.85. The first kappa shape index (κ1) is 13.6. The van der Waals surface area contributed by atoms with Crippen molar-refractivity contribution < 1.29 is 4.74 Å². The van der Waals surface area contributed by atoms with Crippen LogP contribution in [-0.4, -0.2) is 47.5 Å². The molecule has 1 saturated heterocycles. The van der Waals surface area contributed by atoms with Crippen LogP contribution in [-0.2, 0) is 11.3 Å². The molecule has 0 aliphatic carbocycles. The Hall–Kier alpha value is -0.870. The molecule has 0 amide bonds. The van der Waals surface area contributed by atoms with Gasteiger partial charge in [-0.05, 0) is 25.3 Å². The van der Waals surface area contributed by atoms with Crippen LogP contribution in [0.25, 0.3) is 0 Å². The van der Waals surface area contributed by atoms with Gasteiger partial charge >= 0.3 is 0 Å². The fraction of sp³-hybridized carbons (Fsp3) is 0.786. The number of aromatic nitrogens is 2. The van der Waals surface area contributed by atoms with E-state index in [0.29, 0.717) is 5.92 Å². The molecule has 0 N–H and O–H groups in total. The Bertz CT molecular complexity index is 392. The molecule has 1 aromatic rings. The number of ether oxygens (including phenoxy) is 1. The summed E-state index contributed by atoms with van der Waals surface area (Å²) in [5, 5.41) is 4.67. The molecule has 0 bridgehead atoms. The summed E-state index contributed by atoms with van der Waals surface area (Å²) >= 11 is 0. The Labute approximate surface area is 110 Å². The number of hydrogen-bond donors (Lipinski definition) is 0. The lowest BCUT2D eigenvalue weighted by Gasteiger charge is -2.26. The van der Waals surface area contributed by atoms with Crippen LogP contribution in [0.3, 0.4) is 0 Å². The van der Waals surface area contributed by atoms with Crippen molar-refractivity contribution in [2.45, 2.75) is 40.2 Å². The van der Waals surface area contributed by atoms with E-state index in [1.807, 2.05) is 0 Å². The van der Waals surface area contributed by atoms with Gasteiger partial charge in [-0.1, -0.05) is 13.8 Å². The number of rotatable bonds is 4. The van der Waals surface area contributed by atoms with Crippen molar-refractivity contribution >= 4 is 0 Å². The largest absolute Gasteiger partial charge is 0.379 e. The number of aryl methyl sites for hydroxylation is 1. The van der Waals surface area contributed by atoms with Crippen molar-refractivity contribution in [2.24, 2.45) is 0 Å². The number of morpholine rings is 1. The van der Waals surface area contributed by atoms with Crippen LogP contribution < -0.4 is 0 Å². The van der Waals surface area contributed by atoms with Gasteiger partial charge in [-0.15, -0.1) is 0 Å². The molecular weight excluding hydrogens is 226 g/mol. The van der Waals surface area contributed by atoms with Crippen LogP contribution >= 0.6 is 0 Å². The predicted molar refractivity (Wildman–Crippen MR) is 73.0 cm³/mol. The number of nitrogens with zero attached hydrogens (tertiary/aromatic N) is 3. The average molecular weight is 251 g/mol. The smallest absolute Gasteiger partial charge is 0.0631 e. The third-order valence-electron chi connectivity index (χ3n) is 3.75. The SMILES string of the molecule is Cc1nn(CCN2CCOCC2)c(C)c1C(C)C. The van der Waals surface area contributed by atoms with Crippen molar-refractivity contribution in [1.29, 1.82) is 0 Å². The second-order valence-electron chi connectivity index (χ2n) is 5.42. The maximum absolute atomic E-state index is 5.37. The van der Waals surface area contributed by atoms with Gasteiger partial charge in [-0.3, -0.25) is 9.58 Å². The lowest BCUT2D eigenvalue weighted by atomic mass is 10.0. The fourth-order valence-corrected chi connectivity index (χ4v) is 2.82. The standard InChI is InChI=1S/C14H25N3O/c1-11(2)14-12(3)15-17(13(14)4)6-5-16-7-9-18-10-8-16/h11H,5-10H2,1-4H3. The minimum atomic E-state index is 0.558. The van der Waals surface area contributed by atoms with E-state index in [2.05, 4.69) is 42.4 Å². The quantitative estimate of drug-likeness (QED) is 0.819. The molecule has 2 heterocycles. The van der Waals surface area contributed by atoms with Gasteiger partial charge in [-0.2, -0.15) is 5.10 Å².